The Balaban J connectivity index is 1.31. The van der Waals surface area contributed by atoms with E-state index in [-0.39, 0.29) is 24.2 Å². The molecule has 2 saturated heterocycles. The molecule has 1 atom stereocenters. The second kappa shape index (κ2) is 12.3. The number of halogens is 3. The van der Waals surface area contributed by atoms with Crippen molar-refractivity contribution in [1.82, 2.24) is 9.80 Å². The van der Waals surface area contributed by atoms with Gasteiger partial charge in [-0.05, 0) is 93.6 Å². The number of hydrogen-bond donors (Lipinski definition) is 1. The van der Waals surface area contributed by atoms with E-state index >= 15 is 0 Å². The van der Waals surface area contributed by atoms with Gasteiger partial charge in [0.15, 0.2) is 0 Å². The summed E-state index contributed by atoms with van der Waals surface area (Å²) >= 11 is 12.3. The lowest BCUT2D eigenvalue weighted by Gasteiger charge is -2.33. The molecule has 0 spiro atoms. The summed E-state index contributed by atoms with van der Waals surface area (Å²) in [5.74, 6) is -0.0393. The summed E-state index contributed by atoms with van der Waals surface area (Å²) in [6.45, 7) is 3.99. The largest absolute Gasteiger partial charge is 0.465 e. The minimum atomic E-state index is -0.991. The summed E-state index contributed by atoms with van der Waals surface area (Å²) in [6.07, 6.45) is 3.49. The molecule has 0 aliphatic carbocycles. The van der Waals surface area contributed by atoms with E-state index in [1.54, 1.807) is 23.1 Å². The summed E-state index contributed by atoms with van der Waals surface area (Å²) in [5, 5.41) is 10.1. The average Bonchev–Trinajstić information content (AvgIpc) is 3.37. The average molecular weight is 536 g/mol. The minimum Gasteiger partial charge on any atom is -0.465 e. The third-order valence-electron chi connectivity index (χ3n) is 7.29. The Morgan fingerprint density at radius 3 is 2.36 bits per heavy atom. The van der Waals surface area contributed by atoms with Crippen molar-refractivity contribution >= 4 is 40.9 Å². The molecule has 1 unspecified atom stereocenters. The van der Waals surface area contributed by atoms with Crippen LogP contribution in [0.1, 0.15) is 31.2 Å². The first-order valence-electron chi connectivity index (χ1n) is 12.5. The van der Waals surface area contributed by atoms with Gasteiger partial charge in [-0.25, -0.2) is 9.18 Å². The molecular weight excluding hydrogens is 504 g/mol. The zero-order chi connectivity index (χ0) is 25.7. The molecule has 2 aliphatic heterocycles. The molecule has 194 valence electrons. The van der Waals surface area contributed by atoms with Crippen LogP contribution in [0.15, 0.2) is 42.5 Å². The Morgan fingerprint density at radius 2 is 1.72 bits per heavy atom. The molecule has 0 bridgehead atoms. The highest BCUT2D eigenvalue weighted by molar-refractivity contribution is 6.42. The van der Waals surface area contributed by atoms with Crippen LogP contribution >= 0.6 is 23.2 Å². The number of amides is 2. The summed E-state index contributed by atoms with van der Waals surface area (Å²) in [4.78, 5) is 30.2. The number of carboxylic acid groups (broad SMARTS) is 1. The number of carbonyl (C=O) groups is 2. The molecule has 2 aliphatic rings. The van der Waals surface area contributed by atoms with Gasteiger partial charge in [0.05, 0.1) is 16.0 Å². The van der Waals surface area contributed by atoms with Gasteiger partial charge >= 0.3 is 6.09 Å². The van der Waals surface area contributed by atoms with E-state index in [2.05, 4.69) is 4.90 Å². The standard InChI is InChI=1S/C27H32Cl2FN3O3/c28-24-7-6-23(17-25(24)29)33(26(34)21-10-15-32(18-21)27(35)36)12-1-11-31-13-8-20(9-14-31)16-19-2-4-22(30)5-3-19/h2-7,17,20-21H,1,8-16,18H2,(H,35,36). The van der Waals surface area contributed by atoms with Gasteiger partial charge in [-0.1, -0.05) is 35.3 Å². The van der Waals surface area contributed by atoms with E-state index < -0.39 is 6.09 Å². The van der Waals surface area contributed by atoms with Crippen molar-refractivity contribution in [1.29, 1.82) is 0 Å². The summed E-state index contributed by atoms with van der Waals surface area (Å²) in [6, 6.07) is 12.0. The molecule has 2 heterocycles. The van der Waals surface area contributed by atoms with Crippen LogP contribution in [0.4, 0.5) is 14.9 Å². The molecule has 9 heteroatoms. The van der Waals surface area contributed by atoms with Gasteiger partial charge in [0.2, 0.25) is 5.91 Å². The van der Waals surface area contributed by atoms with Gasteiger partial charge in [0, 0.05) is 25.3 Å². The number of carbonyl (C=O) groups excluding carboxylic acids is 1. The number of rotatable bonds is 8. The predicted octanol–water partition coefficient (Wildman–Crippen LogP) is 5.81. The fourth-order valence-electron chi connectivity index (χ4n) is 5.20. The number of anilines is 1. The van der Waals surface area contributed by atoms with Crippen LogP contribution in [0, 0.1) is 17.7 Å². The minimum absolute atomic E-state index is 0.0739. The molecule has 2 amide bonds. The van der Waals surface area contributed by atoms with Gasteiger partial charge < -0.3 is 19.8 Å². The van der Waals surface area contributed by atoms with E-state index in [1.165, 1.54) is 22.6 Å². The second-order valence-electron chi connectivity index (χ2n) is 9.77. The fraction of sp³-hybridized carbons (Fsp3) is 0.481. The zero-order valence-electron chi connectivity index (χ0n) is 20.2. The summed E-state index contributed by atoms with van der Waals surface area (Å²) in [7, 11) is 0. The lowest BCUT2D eigenvalue weighted by atomic mass is 9.90. The monoisotopic (exact) mass is 535 g/mol. The molecule has 0 aromatic heterocycles. The zero-order valence-corrected chi connectivity index (χ0v) is 21.7. The molecule has 2 aromatic carbocycles. The Bertz CT molecular complexity index is 1060. The number of nitrogens with zero attached hydrogens (tertiary/aromatic N) is 3. The van der Waals surface area contributed by atoms with Crippen molar-refractivity contribution < 1.29 is 19.1 Å². The van der Waals surface area contributed by atoms with Gasteiger partial charge in [-0.3, -0.25) is 4.79 Å². The maximum Gasteiger partial charge on any atom is 0.407 e. The Morgan fingerprint density at radius 1 is 1.00 bits per heavy atom. The van der Waals surface area contributed by atoms with Crippen molar-refractivity contribution in [2.45, 2.75) is 32.1 Å². The number of piperidine rings is 1. The Labute approximate surface area is 221 Å². The van der Waals surface area contributed by atoms with Crippen LogP contribution in [-0.2, 0) is 11.2 Å². The van der Waals surface area contributed by atoms with Crippen LogP contribution in [-0.4, -0.2) is 66.2 Å². The van der Waals surface area contributed by atoms with Crippen molar-refractivity contribution in [3.63, 3.8) is 0 Å². The van der Waals surface area contributed by atoms with Crippen LogP contribution in [0.2, 0.25) is 10.0 Å². The van der Waals surface area contributed by atoms with Crippen molar-refractivity contribution in [2.24, 2.45) is 11.8 Å². The molecule has 4 rings (SSSR count). The highest BCUT2D eigenvalue weighted by Gasteiger charge is 2.34. The molecule has 2 fully saturated rings. The third kappa shape index (κ3) is 6.90. The highest BCUT2D eigenvalue weighted by Crippen LogP contribution is 2.30. The number of likely N-dealkylation sites (tertiary alicyclic amines) is 2. The molecule has 1 N–H and O–H groups in total. The topological polar surface area (TPSA) is 64.1 Å². The normalized spacial score (nSPS) is 19.0. The van der Waals surface area contributed by atoms with Crippen LogP contribution < -0.4 is 4.90 Å². The lowest BCUT2D eigenvalue weighted by molar-refractivity contribution is -0.122. The van der Waals surface area contributed by atoms with E-state index in [1.807, 2.05) is 12.1 Å². The maximum absolute atomic E-state index is 13.4. The Kier molecular flexibility index (Phi) is 9.09. The van der Waals surface area contributed by atoms with Gasteiger partial charge in [0.1, 0.15) is 5.82 Å². The third-order valence-corrected chi connectivity index (χ3v) is 8.03. The smallest absolute Gasteiger partial charge is 0.407 e. The van der Waals surface area contributed by atoms with Crippen LogP contribution in [0.5, 0.6) is 0 Å². The van der Waals surface area contributed by atoms with Crippen molar-refractivity contribution in [2.75, 3.05) is 44.2 Å². The van der Waals surface area contributed by atoms with Crippen molar-refractivity contribution in [3.05, 3.63) is 63.9 Å². The quantitative estimate of drug-likeness (QED) is 0.463. The molecular formula is C27H32Cl2FN3O3. The molecule has 0 saturated carbocycles. The second-order valence-corrected chi connectivity index (χ2v) is 10.6. The van der Waals surface area contributed by atoms with E-state index in [4.69, 9.17) is 23.2 Å². The predicted molar refractivity (Wildman–Crippen MR) is 140 cm³/mol. The molecule has 0 radical (unpaired) electrons. The summed E-state index contributed by atoms with van der Waals surface area (Å²) < 4.78 is 13.2. The lowest BCUT2D eigenvalue weighted by Crippen LogP contribution is -2.41. The SMILES string of the molecule is O=C(O)N1CCC(C(=O)N(CCCN2CCC(Cc3ccc(F)cc3)CC2)c2ccc(Cl)c(Cl)c2)C1. The first-order valence-corrected chi connectivity index (χ1v) is 13.3. The first kappa shape index (κ1) is 26.7. The van der Waals surface area contributed by atoms with Crippen LogP contribution in [0.3, 0.4) is 0 Å². The van der Waals surface area contributed by atoms with Gasteiger partial charge in [-0.15, -0.1) is 0 Å². The summed E-state index contributed by atoms with van der Waals surface area (Å²) in [5.41, 5.74) is 1.86. The number of hydrogen-bond acceptors (Lipinski definition) is 3. The van der Waals surface area contributed by atoms with E-state index in [0.29, 0.717) is 41.2 Å². The van der Waals surface area contributed by atoms with E-state index in [9.17, 15) is 19.1 Å². The molecule has 36 heavy (non-hydrogen) atoms. The van der Waals surface area contributed by atoms with E-state index in [0.717, 1.165) is 45.3 Å². The Hall–Kier alpha value is -2.35. The van der Waals surface area contributed by atoms with Gasteiger partial charge in [0.25, 0.3) is 0 Å². The highest BCUT2D eigenvalue weighted by atomic mass is 35.5. The first-order chi connectivity index (χ1) is 17.3. The molecule has 6 nitrogen and oxygen atoms in total. The van der Waals surface area contributed by atoms with Crippen LogP contribution in [0.25, 0.3) is 0 Å². The van der Waals surface area contributed by atoms with Crippen molar-refractivity contribution in [3.8, 4) is 0 Å². The maximum atomic E-state index is 13.4. The fourth-order valence-corrected chi connectivity index (χ4v) is 5.49. The molecule has 2 aromatic rings. The number of benzene rings is 2. The van der Waals surface area contributed by atoms with Gasteiger partial charge in [-0.2, -0.15) is 0 Å².